The van der Waals surface area contributed by atoms with Gasteiger partial charge in [0.25, 0.3) is 11.0 Å². The summed E-state index contributed by atoms with van der Waals surface area (Å²) < 4.78 is 0. The molecule has 3 heterocycles. The Morgan fingerprint density at radius 3 is 2.50 bits per heavy atom. The zero-order chi connectivity index (χ0) is 30.8. The number of carbonyl (C=O) groups is 2. The third kappa shape index (κ3) is 5.75. The van der Waals surface area contributed by atoms with Gasteiger partial charge in [-0.25, -0.2) is 9.97 Å². The molecule has 0 radical (unpaired) electrons. The molecule has 0 unspecified atom stereocenters. The zero-order valence-electron chi connectivity index (χ0n) is 23.9. The molecule has 1 amide bonds. The van der Waals surface area contributed by atoms with Gasteiger partial charge < -0.3 is 4.84 Å². The summed E-state index contributed by atoms with van der Waals surface area (Å²) in [4.78, 5) is 52.5. The van der Waals surface area contributed by atoms with Crippen molar-refractivity contribution in [1.82, 2.24) is 30.2 Å². The fraction of sp³-hybridized carbons (Fsp3) is 0.194. The average Bonchev–Trinajstić information content (AvgIpc) is 3.52. The van der Waals surface area contributed by atoms with E-state index in [0.29, 0.717) is 42.2 Å². The van der Waals surface area contributed by atoms with E-state index in [-0.39, 0.29) is 23.9 Å². The molecule has 6 rings (SSSR count). The van der Waals surface area contributed by atoms with Crippen LogP contribution in [0.15, 0.2) is 72.8 Å². The van der Waals surface area contributed by atoms with Crippen LogP contribution in [-0.2, 0) is 29.2 Å². The predicted molar refractivity (Wildman–Crippen MR) is 158 cm³/mol. The molecule has 44 heavy (non-hydrogen) atoms. The lowest BCUT2D eigenvalue weighted by atomic mass is 9.98. The summed E-state index contributed by atoms with van der Waals surface area (Å²) in [5, 5.41) is 22.1. The van der Waals surface area contributed by atoms with Crippen LogP contribution in [0.1, 0.15) is 45.0 Å². The SMILES string of the molecule is Cc1nc(C)c2c(n1)N(Cc1ccc(-c3ccccc3-c3nnn(C(=O)c4cccc(CO[N+](=O)[O-])c4)n3)cc1)C(=O)CC2. The van der Waals surface area contributed by atoms with E-state index in [1.165, 1.54) is 6.07 Å². The molecule has 0 fully saturated rings. The quantitative estimate of drug-likeness (QED) is 0.188. The standard InChI is InChI=1S/C31H26N8O5/c1-19-25-14-15-28(40)37(30(25)33-20(2)32-19)17-21-10-12-23(13-11-21)26-8-3-4-9-27(26)29-34-36-38(35-29)31(41)24-7-5-6-22(16-24)18-44-39(42)43/h3-13,16H,14-15,17-18H2,1-2H3. The number of tetrazole rings is 1. The van der Waals surface area contributed by atoms with E-state index in [2.05, 4.69) is 30.2 Å². The molecule has 5 aromatic rings. The molecule has 220 valence electrons. The van der Waals surface area contributed by atoms with E-state index >= 15 is 0 Å². The molecule has 13 nitrogen and oxygen atoms in total. The summed E-state index contributed by atoms with van der Waals surface area (Å²) in [5.41, 5.74) is 5.95. The van der Waals surface area contributed by atoms with Gasteiger partial charge in [0.05, 0.1) is 6.54 Å². The number of nitrogens with zero attached hydrogens (tertiary/aromatic N) is 8. The minimum absolute atomic E-state index is 0.0322. The van der Waals surface area contributed by atoms with Gasteiger partial charge in [0.1, 0.15) is 18.2 Å². The second-order valence-corrected chi connectivity index (χ2v) is 10.3. The molecule has 0 atom stereocenters. The number of rotatable bonds is 8. The first kappa shape index (κ1) is 28.3. The van der Waals surface area contributed by atoms with Crippen molar-refractivity contribution in [2.24, 2.45) is 0 Å². The van der Waals surface area contributed by atoms with E-state index in [0.717, 1.165) is 32.7 Å². The van der Waals surface area contributed by atoms with Crippen molar-refractivity contribution in [3.63, 3.8) is 0 Å². The highest BCUT2D eigenvalue weighted by atomic mass is 16.9. The fourth-order valence-corrected chi connectivity index (χ4v) is 5.23. The first-order valence-electron chi connectivity index (χ1n) is 13.8. The molecule has 0 spiro atoms. The van der Waals surface area contributed by atoms with Crippen molar-refractivity contribution in [3.8, 4) is 22.5 Å². The second-order valence-electron chi connectivity index (χ2n) is 10.3. The van der Waals surface area contributed by atoms with Crippen molar-refractivity contribution in [2.45, 2.75) is 39.8 Å². The van der Waals surface area contributed by atoms with Crippen LogP contribution in [0.4, 0.5) is 5.82 Å². The number of fused-ring (bicyclic) bond motifs is 1. The highest BCUT2D eigenvalue weighted by Crippen LogP contribution is 2.32. The van der Waals surface area contributed by atoms with Crippen molar-refractivity contribution in [2.75, 3.05) is 4.90 Å². The van der Waals surface area contributed by atoms with Crippen LogP contribution in [0, 0.1) is 24.0 Å². The predicted octanol–water partition coefficient (Wildman–Crippen LogP) is 4.29. The van der Waals surface area contributed by atoms with Gasteiger partial charge in [-0.2, -0.15) is 0 Å². The van der Waals surface area contributed by atoms with Gasteiger partial charge >= 0.3 is 0 Å². The van der Waals surface area contributed by atoms with Crippen LogP contribution in [0.2, 0.25) is 0 Å². The van der Waals surface area contributed by atoms with Gasteiger partial charge in [-0.3, -0.25) is 14.5 Å². The Morgan fingerprint density at radius 2 is 1.73 bits per heavy atom. The van der Waals surface area contributed by atoms with Crippen molar-refractivity contribution >= 4 is 17.6 Å². The molecule has 2 aromatic heterocycles. The number of amides is 1. The van der Waals surface area contributed by atoms with Crippen LogP contribution in [0.25, 0.3) is 22.5 Å². The highest BCUT2D eigenvalue weighted by Gasteiger charge is 2.28. The maximum absolute atomic E-state index is 13.1. The molecule has 13 heteroatoms. The third-order valence-electron chi connectivity index (χ3n) is 7.33. The van der Waals surface area contributed by atoms with Gasteiger partial charge in [0, 0.05) is 28.8 Å². The van der Waals surface area contributed by atoms with Crippen LogP contribution in [-0.4, -0.2) is 47.1 Å². The molecule has 0 aliphatic carbocycles. The van der Waals surface area contributed by atoms with E-state index in [1.807, 2.05) is 62.4 Å². The second kappa shape index (κ2) is 11.8. The summed E-state index contributed by atoms with van der Waals surface area (Å²) in [5.74, 6) is 1.06. The Kier molecular flexibility index (Phi) is 7.58. The van der Waals surface area contributed by atoms with Crippen LogP contribution < -0.4 is 4.90 Å². The normalized spacial score (nSPS) is 12.6. The lowest BCUT2D eigenvalue weighted by Crippen LogP contribution is -2.36. The van der Waals surface area contributed by atoms with Crippen molar-refractivity contribution in [3.05, 3.63) is 117 Å². The molecule has 0 saturated heterocycles. The largest absolute Gasteiger partial charge is 0.309 e. The van der Waals surface area contributed by atoms with Gasteiger partial charge in [-0.1, -0.05) is 65.5 Å². The first-order chi connectivity index (χ1) is 21.3. The summed E-state index contributed by atoms with van der Waals surface area (Å²) in [7, 11) is 0. The van der Waals surface area contributed by atoms with E-state index in [4.69, 9.17) is 0 Å². The maximum atomic E-state index is 13.1. The maximum Gasteiger partial charge on any atom is 0.297 e. The minimum atomic E-state index is -0.892. The number of hydrogen-bond acceptors (Lipinski definition) is 10. The summed E-state index contributed by atoms with van der Waals surface area (Å²) in [6.45, 7) is 3.88. The summed E-state index contributed by atoms with van der Waals surface area (Å²) in [6.07, 6.45) is 1.06. The van der Waals surface area contributed by atoms with Gasteiger partial charge in [0.2, 0.25) is 11.7 Å². The zero-order valence-corrected chi connectivity index (χ0v) is 23.9. The molecule has 1 aliphatic heterocycles. The third-order valence-corrected chi connectivity index (χ3v) is 7.33. The lowest BCUT2D eigenvalue weighted by Gasteiger charge is -2.29. The molecule has 1 aliphatic rings. The van der Waals surface area contributed by atoms with Gasteiger partial charge in [0.15, 0.2) is 0 Å². The van der Waals surface area contributed by atoms with E-state index in [1.54, 1.807) is 23.1 Å². The Hall–Kier alpha value is -5.85. The number of aromatic nitrogens is 6. The summed E-state index contributed by atoms with van der Waals surface area (Å²) in [6, 6.07) is 21.6. The number of carbonyl (C=O) groups excluding carboxylic acids is 2. The van der Waals surface area contributed by atoms with Gasteiger partial charge in [-0.05, 0) is 59.9 Å². The van der Waals surface area contributed by atoms with Crippen LogP contribution in [0.5, 0.6) is 0 Å². The monoisotopic (exact) mass is 590 g/mol. The Balaban J connectivity index is 1.23. The fourth-order valence-electron chi connectivity index (χ4n) is 5.23. The molecule has 3 aromatic carbocycles. The first-order valence-corrected chi connectivity index (χ1v) is 13.8. The molecular weight excluding hydrogens is 564 g/mol. The summed E-state index contributed by atoms with van der Waals surface area (Å²) >= 11 is 0. The number of anilines is 1. The highest BCUT2D eigenvalue weighted by molar-refractivity contribution is 5.96. The molecule has 0 saturated carbocycles. The molecule has 0 bridgehead atoms. The number of hydrogen-bond donors (Lipinski definition) is 0. The van der Waals surface area contributed by atoms with E-state index < -0.39 is 11.0 Å². The molecule has 0 N–H and O–H groups in total. The van der Waals surface area contributed by atoms with Crippen LogP contribution in [0.3, 0.4) is 0 Å². The topological polar surface area (TPSA) is 159 Å². The number of benzene rings is 3. The number of aryl methyl sites for hydroxylation is 2. The van der Waals surface area contributed by atoms with E-state index in [9.17, 15) is 19.7 Å². The molecular formula is C31H26N8O5. The lowest BCUT2D eigenvalue weighted by molar-refractivity contribution is -0.763. The Morgan fingerprint density at radius 1 is 0.955 bits per heavy atom. The van der Waals surface area contributed by atoms with Crippen LogP contribution >= 0.6 is 0 Å². The van der Waals surface area contributed by atoms with Gasteiger partial charge in [-0.15, -0.1) is 20.3 Å². The van der Waals surface area contributed by atoms with Crippen molar-refractivity contribution in [1.29, 1.82) is 0 Å². The minimum Gasteiger partial charge on any atom is -0.309 e. The Bertz CT molecular complexity index is 1900. The average molecular weight is 591 g/mol. The smallest absolute Gasteiger partial charge is 0.297 e. The van der Waals surface area contributed by atoms with Crippen molar-refractivity contribution < 1.29 is 19.5 Å². The Labute approximate surface area is 251 Å².